The van der Waals surface area contributed by atoms with E-state index in [4.69, 9.17) is 4.74 Å². The highest BCUT2D eigenvalue weighted by molar-refractivity contribution is 7.99. The van der Waals surface area contributed by atoms with Gasteiger partial charge in [0.2, 0.25) is 0 Å². The molecule has 0 bridgehead atoms. The molecule has 1 aliphatic heterocycles. The van der Waals surface area contributed by atoms with E-state index in [2.05, 4.69) is 0 Å². The number of hydrogen-bond donors (Lipinski definition) is 1. The monoisotopic (exact) mass is 218 g/mol. The minimum atomic E-state index is -0.940. The third-order valence-corrected chi connectivity index (χ3v) is 3.86. The lowest BCUT2D eigenvalue weighted by atomic mass is 9.99. The summed E-state index contributed by atoms with van der Waals surface area (Å²) in [5, 5.41) is 9.18. The molecule has 0 saturated carbocycles. The van der Waals surface area contributed by atoms with Gasteiger partial charge in [-0.05, 0) is 32.4 Å². The second-order valence-corrected chi connectivity index (χ2v) is 5.42. The van der Waals surface area contributed by atoms with Crippen LogP contribution in [0.4, 0.5) is 0 Å². The van der Waals surface area contributed by atoms with Crippen molar-refractivity contribution in [1.82, 2.24) is 0 Å². The summed E-state index contributed by atoms with van der Waals surface area (Å²) in [5.41, 5.74) is -1.28. The Kier molecular flexibility index (Phi) is 3.48. The lowest BCUT2D eigenvalue weighted by molar-refractivity contribution is -0.181. The lowest BCUT2D eigenvalue weighted by Crippen LogP contribution is -2.47. The van der Waals surface area contributed by atoms with Gasteiger partial charge >= 0.3 is 5.97 Å². The second kappa shape index (κ2) is 4.11. The summed E-state index contributed by atoms with van der Waals surface area (Å²) in [6.45, 7) is 5.90. The summed E-state index contributed by atoms with van der Waals surface area (Å²) in [6.07, 6.45) is 1.45. The number of rotatable bonds is 4. The van der Waals surface area contributed by atoms with Gasteiger partial charge in [-0.2, -0.15) is 11.8 Å². The highest BCUT2D eigenvalue weighted by Crippen LogP contribution is 2.36. The average molecular weight is 218 g/mol. The predicted molar refractivity (Wildman–Crippen MR) is 57.8 cm³/mol. The summed E-state index contributed by atoms with van der Waals surface area (Å²) in [4.78, 5) is 11.2. The molecule has 0 aliphatic carbocycles. The zero-order valence-electron chi connectivity index (χ0n) is 9.00. The molecule has 1 unspecified atom stereocenters. The fraction of sp³-hybridized carbons (Fsp3) is 0.900. The van der Waals surface area contributed by atoms with Crippen LogP contribution in [-0.2, 0) is 9.53 Å². The van der Waals surface area contributed by atoms with Crippen LogP contribution in [0.5, 0.6) is 0 Å². The number of ether oxygens (including phenoxy) is 1. The molecule has 0 aromatic carbocycles. The van der Waals surface area contributed by atoms with Gasteiger partial charge in [-0.3, -0.25) is 0 Å². The molecule has 0 aromatic rings. The maximum Gasteiger partial charge on any atom is 0.336 e. The quantitative estimate of drug-likeness (QED) is 0.785. The molecule has 0 spiro atoms. The maximum atomic E-state index is 11.2. The third-order valence-electron chi connectivity index (χ3n) is 2.70. The molecule has 1 aliphatic rings. The Bertz CT molecular complexity index is 219. The summed E-state index contributed by atoms with van der Waals surface area (Å²) >= 11 is 1.65. The molecule has 14 heavy (non-hydrogen) atoms. The van der Waals surface area contributed by atoms with Crippen molar-refractivity contribution in [3.05, 3.63) is 0 Å². The largest absolute Gasteiger partial charge is 0.479 e. The first kappa shape index (κ1) is 11.9. The maximum absolute atomic E-state index is 11.2. The molecule has 0 radical (unpaired) electrons. The van der Waals surface area contributed by atoms with Crippen molar-refractivity contribution < 1.29 is 14.6 Å². The molecule has 0 amide bonds. The highest BCUT2D eigenvalue weighted by atomic mass is 32.2. The van der Waals surface area contributed by atoms with Crippen LogP contribution < -0.4 is 0 Å². The van der Waals surface area contributed by atoms with E-state index in [-0.39, 0.29) is 5.60 Å². The van der Waals surface area contributed by atoms with Crippen molar-refractivity contribution in [1.29, 1.82) is 0 Å². The SMILES string of the molecule is CCC(C)(C)OC1(C(=O)O)CCSC1. The first-order valence-electron chi connectivity index (χ1n) is 4.93. The van der Waals surface area contributed by atoms with Gasteiger partial charge in [0.15, 0.2) is 5.60 Å². The van der Waals surface area contributed by atoms with Crippen molar-refractivity contribution in [2.45, 2.75) is 44.8 Å². The summed E-state index contributed by atoms with van der Waals surface area (Å²) in [7, 11) is 0. The van der Waals surface area contributed by atoms with Crippen LogP contribution in [0.2, 0.25) is 0 Å². The molecule has 3 nitrogen and oxygen atoms in total. The van der Waals surface area contributed by atoms with Gasteiger partial charge < -0.3 is 9.84 Å². The first-order chi connectivity index (χ1) is 6.42. The van der Waals surface area contributed by atoms with Gasteiger partial charge in [0, 0.05) is 5.75 Å². The molecule has 1 saturated heterocycles. The number of hydrogen-bond acceptors (Lipinski definition) is 3. The Labute approximate surface area is 89.2 Å². The van der Waals surface area contributed by atoms with E-state index in [0.29, 0.717) is 12.2 Å². The van der Waals surface area contributed by atoms with E-state index in [1.165, 1.54) is 0 Å². The van der Waals surface area contributed by atoms with Crippen molar-refractivity contribution in [2.75, 3.05) is 11.5 Å². The standard InChI is InChI=1S/C10H18O3S/c1-4-9(2,3)13-10(8(11)12)5-6-14-7-10/h4-7H2,1-3H3,(H,11,12). The molecule has 1 fully saturated rings. The van der Waals surface area contributed by atoms with Crippen molar-refractivity contribution in [3.8, 4) is 0 Å². The van der Waals surface area contributed by atoms with Gasteiger partial charge in [-0.25, -0.2) is 4.79 Å². The summed E-state index contributed by atoms with van der Waals surface area (Å²) < 4.78 is 5.78. The van der Waals surface area contributed by atoms with Gasteiger partial charge in [0.1, 0.15) is 0 Å². The molecule has 1 heterocycles. The van der Waals surface area contributed by atoms with Crippen molar-refractivity contribution >= 4 is 17.7 Å². The van der Waals surface area contributed by atoms with Crippen LogP contribution in [0.1, 0.15) is 33.6 Å². The van der Waals surface area contributed by atoms with E-state index in [0.717, 1.165) is 12.2 Å². The fourth-order valence-electron chi connectivity index (χ4n) is 1.44. The minimum Gasteiger partial charge on any atom is -0.479 e. The van der Waals surface area contributed by atoms with E-state index < -0.39 is 11.6 Å². The molecular formula is C10H18O3S. The molecule has 1 atom stereocenters. The van der Waals surface area contributed by atoms with Crippen LogP contribution in [0.15, 0.2) is 0 Å². The second-order valence-electron chi connectivity index (χ2n) is 4.32. The highest BCUT2D eigenvalue weighted by Gasteiger charge is 2.46. The van der Waals surface area contributed by atoms with E-state index >= 15 is 0 Å². The molecule has 1 rings (SSSR count). The fourth-order valence-corrected chi connectivity index (χ4v) is 2.71. The van der Waals surface area contributed by atoms with Gasteiger partial charge in [-0.15, -0.1) is 0 Å². The van der Waals surface area contributed by atoms with Gasteiger partial charge in [-0.1, -0.05) is 6.92 Å². The van der Waals surface area contributed by atoms with Crippen LogP contribution in [0, 0.1) is 0 Å². The number of carbonyl (C=O) groups is 1. The summed E-state index contributed by atoms with van der Waals surface area (Å²) in [5.74, 6) is 0.640. The number of carboxylic acid groups (broad SMARTS) is 1. The van der Waals surface area contributed by atoms with Crippen molar-refractivity contribution in [3.63, 3.8) is 0 Å². The topological polar surface area (TPSA) is 46.5 Å². The first-order valence-corrected chi connectivity index (χ1v) is 6.09. The smallest absolute Gasteiger partial charge is 0.336 e. The number of thioether (sulfide) groups is 1. The lowest BCUT2D eigenvalue weighted by Gasteiger charge is -2.34. The van der Waals surface area contributed by atoms with Crippen LogP contribution in [0.25, 0.3) is 0 Å². The average Bonchev–Trinajstić information content (AvgIpc) is 2.53. The van der Waals surface area contributed by atoms with E-state index in [9.17, 15) is 9.90 Å². The van der Waals surface area contributed by atoms with Gasteiger partial charge in [0.25, 0.3) is 0 Å². The summed E-state index contributed by atoms with van der Waals surface area (Å²) in [6, 6.07) is 0. The zero-order valence-corrected chi connectivity index (χ0v) is 9.82. The Morgan fingerprint density at radius 2 is 2.29 bits per heavy atom. The Morgan fingerprint density at radius 1 is 1.64 bits per heavy atom. The minimum absolute atomic E-state index is 0.344. The van der Waals surface area contributed by atoms with E-state index in [1.54, 1.807) is 11.8 Å². The predicted octanol–water partition coefficient (Wildman–Crippen LogP) is 2.15. The molecule has 0 aromatic heterocycles. The van der Waals surface area contributed by atoms with E-state index in [1.807, 2.05) is 20.8 Å². The number of carboxylic acids is 1. The van der Waals surface area contributed by atoms with Crippen LogP contribution in [0.3, 0.4) is 0 Å². The molecular weight excluding hydrogens is 200 g/mol. The Hall–Kier alpha value is -0.220. The molecule has 4 heteroatoms. The Morgan fingerprint density at radius 3 is 2.64 bits per heavy atom. The normalized spacial score (nSPS) is 27.9. The Balaban J connectivity index is 2.75. The molecule has 1 N–H and O–H groups in total. The zero-order chi connectivity index (χ0) is 10.8. The van der Waals surface area contributed by atoms with Crippen molar-refractivity contribution in [2.24, 2.45) is 0 Å². The number of aliphatic carboxylic acids is 1. The van der Waals surface area contributed by atoms with Gasteiger partial charge in [0.05, 0.1) is 5.60 Å². The third kappa shape index (κ3) is 2.42. The molecule has 82 valence electrons. The van der Waals surface area contributed by atoms with Crippen LogP contribution >= 0.6 is 11.8 Å². The van der Waals surface area contributed by atoms with Crippen LogP contribution in [-0.4, -0.2) is 33.8 Å².